The molecule has 8 nitrogen and oxygen atoms in total. The van der Waals surface area contributed by atoms with Gasteiger partial charge < -0.3 is 15.7 Å². The number of hydrogen-bond acceptors (Lipinski definition) is 5. The first-order valence-electron chi connectivity index (χ1n) is 11.8. The summed E-state index contributed by atoms with van der Waals surface area (Å²) in [6, 6.07) is 10.1. The smallest absolute Gasteiger partial charge is 0.253 e. The molecule has 34 heavy (non-hydrogen) atoms. The molecule has 0 saturated carbocycles. The predicted octanol–water partition coefficient (Wildman–Crippen LogP) is 2.36. The van der Waals surface area contributed by atoms with E-state index < -0.39 is 5.54 Å². The average molecular weight is 474 g/mol. The van der Waals surface area contributed by atoms with Gasteiger partial charge in [0.15, 0.2) is 0 Å². The monoisotopic (exact) mass is 473 g/mol. The highest BCUT2D eigenvalue weighted by molar-refractivity contribution is 6.13. The maximum Gasteiger partial charge on any atom is 0.253 e. The second-order valence-electron chi connectivity index (χ2n) is 9.34. The number of carbonyl (C=O) groups excluding carboxylic acids is 4. The van der Waals surface area contributed by atoms with E-state index in [-0.39, 0.29) is 43.2 Å². The highest BCUT2D eigenvalue weighted by Gasteiger charge is 2.25. The fraction of sp³-hybridized carbons (Fsp3) is 0.538. The number of imide groups is 1. The van der Waals surface area contributed by atoms with Crippen molar-refractivity contribution in [1.82, 2.24) is 15.5 Å². The SMILES string of the molecule is CC(C)(CCO)NC(=O)CCN1C(=O)C=CC1=O.CC(C)CCNC(=O)CCc1ccccc1. The number of rotatable bonds is 12. The van der Waals surface area contributed by atoms with Crippen molar-refractivity contribution >= 4 is 23.6 Å². The van der Waals surface area contributed by atoms with Gasteiger partial charge in [-0.25, -0.2) is 0 Å². The molecule has 0 radical (unpaired) electrons. The normalized spacial score (nSPS) is 13.1. The molecule has 0 bridgehead atoms. The van der Waals surface area contributed by atoms with Crippen molar-refractivity contribution in [2.45, 2.75) is 65.3 Å². The third kappa shape index (κ3) is 12.3. The van der Waals surface area contributed by atoms with Crippen LogP contribution in [0.3, 0.4) is 0 Å². The average Bonchev–Trinajstić information content (AvgIpc) is 3.08. The van der Waals surface area contributed by atoms with Gasteiger partial charge in [-0.3, -0.25) is 24.1 Å². The highest BCUT2D eigenvalue weighted by Crippen LogP contribution is 2.09. The van der Waals surface area contributed by atoms with Gasteiger partial charge in [0.25, 0.3) is 11.8 Å². The fourth-order valence-corrected chi connectivity index (χ4v) is 3.14. The van der Waals surface area contributed by atoms with Crippen LogP contribution < -0.4 is 10.6 Å². The molecule has 0 aromatic heterocycles. The standard InChI is InChI=1S/C14H21NO.C12H18N2O4/c1-12(2)10-11-15-14(16)9-8-13-6-4-3-5-7-13;1-12(2,6-8-15)13-9(16)5-7-14-10(17)3-4-11(14)18/h3-7,12H,8-11H2,1-2H3,(H,15,16);3-4,15H,5-8H2,1-2H3,(H,13,16). The van der Waals surface area contributed by atoms with Crippen LogP contribution in [0.5, 0.6) is 0 Å². The number of hydrogen-bond donors (Lipinski definition) is 3. The second-order valence-corrected chi connectivity index (χ2v) is 9.34. The van der Waals surface area contributed by atoms with Crippen LogP contribution in [0.15, 0.2) is 42.5 Å². The Bertz CT molecular complexity index is 816. The van der Waals surface area contributed by atoms with E-state index in [9.17, 15) is 19.2 Å². The predicted molar refractivity (Wildman–Crippen MR) is 132 cm³/mol. The molecule has 0 unspecified atom stereocenters. The number of aryl methyl sites for hydroxylation is 1. The summed E-state index contributed by atoms with van der Waals surface area (Å²) in [5.74, 6) is -0.218. The summed E-state index contributed by atoms with van der Waals surface area (Å²) in [4.78, 5) is 46.6. The highest BCUT2D eigenvalue weighted by atomic mass is 16.3. The van der Waals surface area contributed by atoms with Gasteiger partial charge in [0.1, 0.15) is 0 Å². The first-order valence-corrected chi connectivity index (χ1v) is 11.8. The molecule has 0 atom stereocenters. The first-order chi connectivity index (χ1) is 16.0. The topological polar surface area (TPSA) is 116 Å². The number of carbonyl (C=O) groups is 4. The molecule has 1 heterocycles. The van der Waals surface area contributed by atoms with Crippen LogP contribution in [-0.2, 0) is 25.6 Å². The summed E-state index contributed by atoms with van der Waals surface area (Å²) < 4.78 is 0. The van der Waals surface area contributed by atoms with Gasteiger partial charge in [0.2, 0.25) is 11.8 Å². The molecule has 0 fully saturated rings. The van der Waals surface area contributed by atoms with E-state index in [0.717, 1.165) is 24.3 Å². The Morgan fingerprint density at radius 3 is 2.18 bits per heavy atom. The molecule has 1 aromatic rings. The fourth-order valence-electron chi connectivity index (χ4n) is 3.14. The van der Waals surface area contributed by atoms with E-state index in [1.165, 1.54) is 17.7 Å². The van der Waals surface area contributed by atoms with Gasteiger partial charge in [0, 0.05) is 50.2 Å². The molecule has 8 heteroatoms. The number of aliphatic hydroxyl groups excluding tert-OH is 1. The maximum absolute atomic E-state index is 11.6. The zero-order chi connectivity index (χ0) is 25.6. The quantitative estimate of drug-likeness (QED) is 0.403. The Morgan fingerprint density at radius 1 is 1.00 bits per heavy atom. The Kier molecular flexibility index (Phi) is 12.8. The molecule has 2 rings (SSSR count). The van der Waals surface area contributed by atoms with E-state index in [4.69, 9.17) is 5.11 Å². The first kappa shape index (κ1) is 29.0. The summed E-state index contributed by atoms with van der Waals surface area (Å²) in [5, 5.41) is 14.5. The molecular formula is C26H39N3O5. The van der Waals surface area contributed by atoms with Gasteiger partial charge in [-0.05, 0) is 44.6 Å². The Morgan fingerprint density at radius 2 is 1.62 bits per heavy atom. The van der Waals surface area contributed by atoms with Crippen LogP contribution in [0.2, 0.25) is 0 Å². The molecule has 1 aromatic carbocycles. The lowest BCUT2D eigenvalue weighted by Crippen LogP contribution is -2.45. The van der Waals surface area contributed by atoms with E-state index in [1.54, 1.807) is 13.8 Å². The third-order valence-corrected chi connectivity index (χ3v) is 5.21. The molecular weight excluding hydrogens is 434 g/mol. The summed E-state index contributed by atoms with van der Waals surface area (Å²) >= 11 is 0. The molecule has 1 aliphatic heterocycles. The van der Waals surface area contributed by atoms with Crippen LogP contribution in [0.25, 0.3) is 0 Å². The van der Waals surface area contributed by atoms with Crippen molar-refractivity contribution in [3.63, 3.8) is 0 Å². The van der Waals surface area contributed by atoms with Gasteiger partial charge in [-0.15, -0.1) is 0 Å². The molecule has 188 valence electrons. The van der Waals surface area contributed by atoms with Crippen LogP contribution in [-0.4, -0.2) is 58.9 Å². The van der Waals surface area contributed by atoms with E-state index in [1.807, 2.05) is 18.2 Å². The van der Waals surface area contributed by atoms with Crippen molar-refractivity contribution in [2.75, 3.05) is 19.7 Å². The lowest BCUT2D eigenvalue weighted by Gasteiger charge is -2.25. The number of aliphatic hydroxyl groups is 1. The van der Waals surface area contributed by atoms with Crippen LogP contribution in [0.1, 0.15) is 58.9 Å². The Labute approximate surface area is 202 Å². The number of benzene rings is 1. The Balaban J connectivity index is 0.000000342. The van der Waals surface area contributed by atoms with Crippen molar-refractivity contribution < 1.29 is 24.3 Å². The van der Waals surface area contributed by atoms with Crippen molar-refractivity contribution in [2.24, 2.45) is 5.92 Å². The summed E-state index contributed by atoms with van der Waals surface area (Å²) in [7, 11) is 0. The van der Waals surface area contributed by atoms with Gasteiger partial charge >= 0.3 is 0 Å². The van der Waals surface area contributed by atoms with E-state index >= 15 is 0 Å². The summed E-state index contributed by atoms with van der Waals surface area (Å²) in [6.45, 7) is 8.78. The van der Waals surface area contributed by atoms with Crippen LogP contribution in [0.4, 0.5) is 0 Å². The van der Waals surface area contributed by atoms with Crippen molar-refractivity contribution in [1.29, 1.82) is 0 Å². The maximum atomic E-state index is 11.6. The Hall–Kier alpha value is -3.00. The van der Waals surface area contributed by atoms with Crippen molar-refractivity contribution in [3.8, 4) is 0 Å². The van der Waals surface area contributed by atoms with E-state index in [0.29, 0.717) is 18.8 Å². The molecule has 4 amide bonds. The summed E-state index contributed by atoms with van der Waals surface area (Å²) in [5.41, 5.74) is 0.727. The zero-order valence-corrected chi connectivity index (χ0v) is 20.8. The lowest BCUT2D eigenvalue weighted by molar-refractivity contribution is -0.137. The lowest BCUT2D eigenvalue weighted by atomic mass is 10.0. The number of nitrogens with zero attached hydrogens (tertiary/aromatic N) is 1. The molecule has 0 spiro atoms. The third-order valence-electron chi connectivity index (χ3n) is 5.21. The summed E-state index contributed by atoms with van der Waals surface area (Å²) in [6.07, 6.45) is 5.36. The van der Waals surface area contributed by atoms with Gasteiger partial charge in [0.05, 0.1) is 0 Å². The largest absolute Gasteiger partial charge is 0.396 e. The minimum absolute atomic E-state index is 0.0136. The molecule has 0 saturated heterocycles. The van der Waals surface area contributed by atoms with Gasteiger partial charge in [-0.2, -0.15) is 0 Å². The van der Waals surface area contributed by atoms with Crippen LogP contribution >= 0.6 is 0 Å². The molecule has 1 aliphatic rings. The van der Waals surface area contributed by atoms with Gasteiger partial charge in [-0.1, -0.05) is 44.2 Å². The number of nitrogens with one attached hydrogen (secondary N) is 2. The second kappa shape index (κ2) is 15.0. The number of amides is 4. The molecule has 3 N–H and O–H groups in total. The zero-order valence-electron chi connectivity index (χ0n) is 20.8. The van der Waals surface area contributed by atoms with Crippen molar-refractivity contribution in [3.05, 3.63) is 48.0 Å². The van der Waals surface area contributed by atoms with E-state index in [2.05, 4.69) is 36.6 Å². The minimum Gasteiger partial charge on any atom is -0.396 e. The molecule has 0 aliphatic carbocycles. The van der Waals surface area contributed by atoms with Crippen LogP contribution in [0, 0.1) is 5.92 Å². The minimum atomic E-state index is -0.497.